The number of carbonyl (C=O) groups excluding carboxylic acids is 1. The number of hydrogen-bond donors (Lipinski definition) is 1. The molecule has 0 fully saturated rings. The fourth-order valence-corrected chi connectivity index (χ4v) is 3.73. The SMILES string of the molecule is COC(=O)c1c(C(=O)O)cc2cc(OC)c(OC)cc2c1-c1cc(Cl)cc(Cl)c1. The summed E-state index contributed by atoms with van der Waals surface area (Å²) < 4.78 is 15.6. The summed E-state index contributed by atoms with van der Waals surface area (Å²) in [6.07, 6.45) is 0. The number of carboxylic acid groups (broad SMARTS) is 1. The standard InChI is InChI=1S/C21H16Cl2O6/c1-27-16-7-10-6-15(20(24)25)19(21(26)29-3)18(14(10)9-17(16)28-2)11-4-12(22)8-13(23)5-11/h4-9H,1-3H3,(H,24,25). The van der Waals surface area contributed by atoms with E-state index < -0.39 is 11.9 Å². The molecule has 3 aromatic carbocycles. The fraction of sp³-hybridized carbons (Fsp3) is 0.143. The van der Waals surface area contributed by atoms with Crippen LogP contribution < -0.4 is 9.47 Å². The Bertz CT molecular complexity index is 1120. The van der Waals surface area contributed by atoms with Gasteiger partial charge >= 0.3 is 11.9 Å². The van der Waals surface area contributed by atoms with Crippen LogP contribution in [0.15, 0.2) is 36.4 Å². The molecule has 0 aromatic heterocycles. The number of methoxy groups -OCH3 is 3. The van der Waals surface area contributed by atoms with Crippen LogP contribution in [0.1, 0.15) is 20.7 Å². The third kappa shape index (κ3) is 3.81. The maximum Gasteiger partial charge on any atom is 0.339 e. The number of esters is 1. The molecular weight excluding hydrogens is 419 g/mol. The topological polar surface area (TPSA) is 82.1 Å². The van der Waals surface area contributed by atoms with E-state index in [0.29, 0.717) is 43.4 Å². The predicted molar refractivity (Wildman–Crippen MR) is 111 cm³/mol. The molecule has 0 atom stereocenters. The third-order valence-electron chi connectivity index (χ3n) is 4.42. The highest BCUT2D eigenvalue weighted by molar-refractivity contribution is 6.35. The molecule has 3 aromatic rings. The van der Waals surface area contributed by atoms with Crippen LogP contribution in [0.5, 0.6) is 11.5 Å². The molecule has 0 saturated carbocycles. The van der Waals surface area contributed by atoms with Crippen molar-refractivity contribution in [1.29, 1.82) is 0 Å². The highest BCUT2D eigenvalue weighted by atomic mass is 35.5. The zero-order valence-electron chi connectivity index (χ0n) is 15.7. The monoisotopic (exact) mass is 434 g/mol. The molecule has 0 aliphatic rings. The lowest BCUT2D eigenvalue weighted by Gasteiger charge is -2.17. The van der Waals surface area contributed by atoms with Gasteiger partial charge in [0.25, 0.3) is 0 Å². The summed E-state index contributed by atoms with van der Waals surface area (Å²) >= 11 is 12.3. The van der Waals surface area contributed by atoms with Crippen LogP contribution in [-0.2, 0) is 4.74 Å². The maximum absolute atomic E-state index is 12.6. The first-order chi connectivity index (χ1) is 13.8. The van der Waals surface area contributed by atoms with Gasteiger partial charge in [0.05, 0.1) is 32.5 Å². The summed E-state index contributed by atoms with van der Waals surface area (Å²) in [5.74, 6) is -1.26. The minimum Gasteiger partial charge on any atom is -0.493 e. The number of benzene rings is 3. The Morgan fingerprint density at radius 3 is 1.97 bits per heavy atom. The lowest BCUT2D eigenvalue weighted by atomic mass is 9.89. The number of carbonyl (C=O) groups is 2. The molecule has 0 spiro atoms. The number of hydrogen-bond acceptors (Lipinski definition) is 5. The fourth-order valence-electron chi connectivity index (χ4n) is 3.21. The van der Waals surface area contributed by atoms with E-state index in [0.717, 1.165) is 0 Å². The van der Waals surface area contributed by atoms with Crippen LogP contribution in [0.3, 0.4) is 0 Å². The van der Waals surface area contributed by atoms with Crippen molar-refractivity contribution in [3.8, 4) is 22.6 Å². The van der Waals surface area contributed by atoms with Crippen LogP contribution in [0, 0.1) is 0 Å². The van der Waals surface area contributed by atoms with Gasteiger partial charge in [0.1, 0.15) is 0 Å². The Hall–Kier alpha value is -2.96. The lowest BCUT2D eigenvalue weighted by molar-refractivity contribution is 0.0584. The highest BCUT2D eigenvalue weighted by Crippen LogP contribution is 2.42. The van der Waals surface area contributed by atoms with Gasteiger partial charge in [-0.2, -0.15) is 0 Å². The number of fused-ring (bicyclic) bond motifs is 1. The number of aromatic carboxylic acids is 1. The first-order valence-corrected chi connectivity index (χ1v) is 9.07. The molecule has 3 rings (SSSR count). The van der Waals surface area contributed by atoms with Crippen molar-refractivity contribution >= 4 is 45.9 Å². The summed E-state index contributed by atoms with van der Waals surface area (Å²) in [7, 11) is 4.14. The van der Waals surface area contributed by atoms with Crippen LogP contribution in [0.4, 0.5) is 0 Å². The average Bonchev–Trinajstić information content (AvgIpc) is 2.69. The van der Waals surface area contributed by atoms with Crippen molar-refractivity contribution in [1.82, 2.24) is 0 Å². The zero-order valence-corrected chi connectivity index (χ0v) is 17.2. The Labute approximate surface area is 176 Å². The summed E-state index contributed by atoms with van der Waals surface area (Å²) in [6, 6.07) is 9.42. The largest absolute Gasteiger partial charge is 0.493 e. The minimum atomic E-state index is -1.28. The smallest absolute Gasteiger partial charge is 0.339 e. The van der Waals surface area contributed by atoms with E-state index in [1.165, 1.54) is 33.5 Å². The second-order valence-electron chi connectivity index (χ2n) is 6.06. The Morgan fingerprint density at radius 2 is 1.45 bits per heavy atom. The molecule has 0 radical (unpaired) electrons. The molecule has 0 heterocycles. The lowest BCUT2D eigenvalue weighted by Crippen LogP contribution is -2.12. The van der Waals surface area contributed by atoms with Gasteiger partial charge in [-0.05, 0) is 52.7 Å². The average molecular weight is 435 g/mol. The van der Waals surface area contributed by atoms with Crippen LogP contribution in [0.2, 0.25) is 10.0 Å². The van der Waals surface area contributed by atoms with Gasteiger partial charge in [-0.15, -0.1) is 0 Å². The number of rotatable bonds is 5. The second kappa shape index (κ2) is 8.19. The molecule has 0 bridgehead atoms. The molecule has 150 valence electrons. The van der Waals surface area contributed by atoms with Crippen molar-refractivity contribution in [3.63, 3.8) is 0 Å². The summed E-state index contributed by atoms with van der Waals surface area (Å²) in [4.78, 5) is 24.6. The van der Waals surface area contributed by atoms with E-state index in [2.05, 4.69) is 0 Å². The first kappa shape index (κ1) is 20.8. The molecule has 8 heteroatoms. The molecular formula is C21H16Cl2O6. The van der Waals surface area contributed by atoms with E-state index in [9.17, 15) is 14.7 Å². The van der Waals surface area contributed by atoms with E-state index >= 15 is 0 Å². The number of halogens is 2. The molecule has 0 unspecified atom stereocenters. The number of ether oxygens (including phenoxy) is 3. The quantitative estimate of drug-likeness (QED) is 0.547. The maximum atomic E-state index is 12.6. The van der Waals surface area contributed by atoms with Crippen LogP contribution in [0.25, 0.3) is 21.9 Å². The van der Waals surface area contributed by atoms with Gasteiger partial charge in [0.15, 0.2) is 11.5 Å². The van der Waals surface area contributed by atoms with Crippen molar-refractivity contribution in [2.75, 3.05) is 21.3 Å². The zero-order chi connectivity index (χ0) is 21.3. The van der Waals surface area contributed by atoms with Gasteiger partial charge in [0.2, 0.25) is 0 Å². The number of carboxylic acids is 1. The summed E-state index contributed by atoms with van der Waals surface area (Å²) in [5, 5.41) is 11.5. The predicted octanol–water partition coefficient (Wildman–Crippen LogP) is 5.32. The summed E-state index contributed by atoms with van der Waals surface area (Å²) in [5.41, 5.74) is 0.445. The summed E-state index contributed by atoms with van der Waals surface area (Å²) in [6.45, 7) is 0. The van der Waals surface area contributed by atoms with E-state index in [4.69, 9.17) is 37.4 Å². The van der Waals surface area contributed by atoms with Crippen LogP contribution >= 0.6 is 23.2 Å². The molecule has 0 amide bonds. The molecule has 0 aliphatic carbocycles. The van der Waals surface area contributed by atoms with Gasteiger partial charge in [-0.3, -0.25) is 0 Å². The second-order valence-corrected chi connectivity index (χ2v) is 6.93. The molecule has 29 heavy (non-hydrogen) atoms. The van der Waals surface area contributed by atoms with Crippen LogP contribution in [-0.4, -0.2) is 38.4 Å². The van der Waals surface area contributed by atoms with E-state index in [1.54, 1.807) is 24.3 Å². The van der Waals surface area contributed by atoms with Gasteiger partial charge in [-0.25, -0.2) is 9.59 Å². The van der Waals surface area contributed by atoms with Crippen molar-refractivity contribution in [2.24, 2.45) is 0 Å². The Kier molecular flexibility index (Phi) is 5.86. The third-order valence-corrected chi connectivity index (χ3v) is 4.85. The van der Waals surface area contributed by atoms with E-state index in [1.807, 2.05) is 0 Å². The molecule has 0 saturated heterocycles. The Morgan fingerprint density at radius 1 is 0.862 bits per heavy atom. The molecule has 6 nitrogen and oxygen atoms in total. The normalized spacial score (nSPS) is 10.7. The van der Waals surface area contributed by atoms with Gasteiger partial charge < -0.3 is 19.3 Å². The van der Waals surface area contributed by atoms with E-state index in [-0.39, 0.29) is 11.1 Å². The van der Waals surface area contributed by atoms with Crippen molar-refractivity contribution in [3.05, 3.63) is 57.6 Å². The molecule has 1 N–H and O–H groups in total. The van der Waals surface area contributed by atoms with Crippen molar-refractivity contribution < 1.29 is 28.9 Å². The van der Waals surface area contributed by atoms with Crippen molar-refractivity contribution in [2.45, 2.75) is 0 Å². The first-order valence-electron chi connectivity index (χ1n) is 8.31. The van der Waals surface area contributed by atoms with Gasteiger partial charge in [0, 0.05) is 15.6 Å². The minimum absolute atomic E-state index is 0.113. The molecule has 0 aliphatic heterocycles. The Balaban J connectivity index is 2.58. The van der Waals surface area contributed by atoms with Gasteiger partial charge in [-0.1, -0.05) is 23.2 Å². The highest BCUT2D eigenvalue weighted by Gasteiger charge is 2.26.